The number of carbonyl (C=O) groups is 1. The molecule has 0 spiro atoms. The van der Waals surface area contributed by atoms with Crippen molar-refractivity contribution in [3.63, 3.8) is 0 Å². The van der Waals surface area contributed by atoms with E-state index in [1.54, 1.807) is 0 Å². The topological polar surface area (TPSA) is 55.6 Å². The zero-order valence-corrected chi connectivity index (χ0v) is 12.0. The van der Waals surface area contributed by atoms with Crippen LogP contribution in [-0.2, 0) is 16.1 Å². The first-order valence-electron chi connectivity index (χ1n) is 7.45. The van der Waals surface area contributed by atoms with Crippen LogP contribution in [0.2, 0.25) is 0 Å². The Hall–Kier alpha value is -1.39. The molecule has 0 saturated carbocycles. The Morgan fingerprint density at radius 1 is 1.30 bits per heavy atom. The second-order valence-electron chi connectivity index (χ2n) is 5.24. The lowest BCUT2D eigenvalue weighted by molar-refractivity contribution is -0.147. The van der Waals surface area contributed by atoms with E-state index in [0.29, 0.717) is 26.2 Å². The van der Waals surface area contributed by atoms with E-state index in [2.05, 4.69) is 0 Å². The summed E-state index contributed by atoms with van der Waals surface area (Å²) in [7, 11) is 0. The van der Waals surface area contributed by atoms with Gasteiger partial charge in [0.25, 0.3) is 5.91 Å². The van der Waals surface area contributed by atoms with Gasteiger partial charge < -0.3 is 15.4 Å². The summed E-state index contributed by atoms with van der Waals surface area (Å²) >= 11 is 0. The largest absolute Gasteiger partial charge is 0.368 e. The number of hydrogen-bond acceptors (Lipinski definition) is 3. The van der Waals surface area contributed by atoms with Gasteiger partial charge in [-0.05, 0) is 37.8 Å². The van der Waals surface area contributed by atoms with E-state index in [-0.39, 0.29) is 12.0 Å². The number of ether oxygens (including phenoxy) is 1. The number of carbonyl (C=O) groups excluding carboxylic acids is 1. The van der Waals surface area contributed by atoms with Gasteiger partial charge in [-0.25, -0.2) is 0 Å². The summed E-state index contributed by atoms with van der Waals surface area (Å²) in [5.41, 5.74) is 6.73. The molecule has 0 aromatic heterocycles. The molecular weight excluding hydrogens is 252 g/mol. The first kappa shape index (κ1) is 15.0. The van der Waals surface area contributed by atoms with Crippen molar-refractivity contribution < 1.29 is 9.53 Å². The smallest absolute Gasteiger partial charge is 0.251 e. The molecule has 1 heterocycles. The van der Waals surface area contributed by atoms with Crippen LogP contribution in [0, 0.1) is 0 Å². The average Bonchev–Trinajstić information content (AvgIpc) is 2.52. The third-order valence-corrected chi connectivity index (χ3v) is 3.62. The van der Waals surface area contributed by atoms with Gasteiger partial charge in [-0.1, -0.05) is 30.3 Å². The molecule has 0 radical (unpaired) electrons. The molecule has 4 heteroatoms. The second kappa shape index (κ2) is 8.02. The Morgan fingerprint density at radius 3 is 2.75 bits per heavy atom. The molecule has 1 atom stereocenters. The lowest BCUT2D eigenvalue weighted by Gasteiger charge is -2.29. The van der Waals surface area contributed by atoms with Gasteiger partial charge in [-0.2, -0.15) is 0 Å². The summed E-state index contributed by atoms with van der Waals surface area (Å²) < 4.78 is 5.62. The van der Waals surface area contributed by atoms with Crippen molar-refractivity contribution >= 4 is 5.91 Å². The molecule has 1 aliphatic rings. The third-order valence-electron chi connectivity index (χ3n) is 3.62. The van der Waals surface area contributed by atoms with Crippen molar-refractivity contribution in [3.05, 3.63) is 35.9 Å². The predicted molar refractivity (Wildman–Crippen MR) is 79.1 cm³/mol. The van der Waals surface area contributed by atoms with Crippen LogP contribution in [0.3, 0.4) is 0 Å². The van der Waals surface area contributed by atoms with Gasteiger partial charge in [0.2, 0.25) is 0 Å². The van der Waals surface area contributed by atoms with Gasteiger partial charge in [0.05, 0.1) is 0 Å². The number of hydrogen-bond donors (Lipinski definition) is 1. The maximum absolute atomic E-state index is 12.6. The van der Waals surface area contributed by atoms with E-state index in [0.717, 1.165) is 31.2 Å². The Kier molecular flexibility index (Phi) is 6.02. The summed E-state index contributed by atoms with van der Waals surface area (Å²) in [5.74, 6) is 0.113. The van der Waals surface area contributed by atoms with Crippen LogP contribution >= 0.6 is 0 Å². The van der Waals surface area contributed by atoms with Gasteiger partial charge in [0, 0.05) is 19.7 Å². The van der Waals surface area contributed by atoms with E-state index < -0.39 is 0 Å². The second-order valence-corrected chi connectivity index (χ2v) is 5.24. The molecule has 1 unspecified atom stereocenters. The highest BCUT2D eigenvalue weighted by Crippen LogP contribution is 2.17. The molecule has 1 aromatic carbocycles. The number of rotatable bonds is 6. The molecule has 1 saturated heterocycles. The SMILES string of the molecule is NCCCN(Cc1ccccc1)C(=O)C1CCCCO1. The van der Waals surface area contributed by atoms with Crippen LogP contribution < -0.4 is 5.73 Å². The molecule has 0 bridgehead atoms. The Bertz CT molecular complexity index is 402. The molecule has 4 nitrogen and oxygen atoms in total. The molecule has 1 aliphatic heterocycles. The van der Waals surface area contributed by atoms with Crippen LogP contribution in [0.1, 0.15) is 31.2 Å². The van der Waals surface area contributed by atoms with Crippen LogP contribution in [0.5, 0.6) is 0 Å². The Morgan fingerprint density at radius 2 is 2.10 bits per heavy atom. The fourth-order valence-electron chi connectivity index (χ4n) is 2.49. The number of nitrogens with two attached hydrogens (primary N) is 1. The number of nitrogens with zero attached hydrogens (tertiary/aromatic N) is 1. The summed E-state index contributed by atoms with van der Waals surface area (Å²) in [6.45, 7) is 2.64. The fourth-order valence-corrected chi connectivity index (χ4v) is 2.49. The Labute approximate surface area is 120 Å². The zero-order chi connectivity index (χ0) is 14.2. The van der Waals surface area contributed by atoms with Crippen molar-refractivity contribution in [1.29, 1.82) is 0 Å². The van der Waals surface area contributed by atoms with E-state index >= 15 is 0 Å². The fraction of sp³-hybridized carbons (Fsp3) is 0.562. The average molecular weight is 276 g/mol. The van der Waals surface area contributed by atoms with Crippen LogP contribution in [-0.4, -0.2) is 36.6 Å². The van der Waals surface area contributed by atoms with Crippen molar-refractivity contribution in [1.82, 2.24) is 4.90 Å². The normalized spacial score (nSPS) is 18.8. The number of benzene rings is 1. The first-order chi connectivity index (χ1) is 9.81. The summed E-state index contributed by atoms with van der Waals surface area (Å²) in [5, 5.41) is 0. The van der Waals surface area contributed by atoms with Gasteiger partial charge >= 0.3 is 0 Å². The molecule has 1 fully saturated rings. The van der Waals surface area contributed by atoms with Gasteiger partial charge in [-0.3, -0.25) is 4.79 Å². The quantitative estimate of drug-likeness (QED) is 0.864. The van der Waals surface area contributed by atoms with E-state index in [1.165, 1.54) is 0 Å². The lowest BCUT2D eigenvalue weighted by atomic mass is 10.1. The Balaban J connectivity index is 2.00. The minimum Gasteiger partial charge on any atom is -0.368 e. The summed E-state index contributed by atoms with van der Waals surface area (Å²) in [6, 6.07) is 10.1. The minimum absolute atomic E-state index is 0.113. The van der Waals surface area contributed by atoms with Crippen LogP contribution in [0.25, 0.3) is 0 Å². The molecular formula is C16H24N2O2. The number of amides is 1. The van der Waals surface area contributed by atoms with Crippen molar-refractivity contribution in [3.8, 4) is 0 Å². The van der Waals surface area contributed by atoms with Gasteiger partial charge in [-0.15, -0.1) is 0 Å². The highest BCUT2D eigenvalue weighted by atomic mass is 16.5. The molecule has 2 N–H and O–H groups in total. The highest BCUT2D eigenvalue weighted by molar-refractivity contribution is 5.81. The van der Waals surface area contributed by atoms with Crippen molar-refractivity contribution in [2.75, 3.05) is 19.7 Å². The highest BCUT2D eigenvalue weighted by Gasteiger charge is 2.26. The molecule has 2 rings (SSSR count). The minimum atomic E-state index is -0.259. The maximum atomic E-state index is 12.6. The van der Waals surface area contributed by atoms with E-state index in [9.17, 15) is 4.79 Å². The van der Waals surface area contributed by atoms with E-state index in [4.69, 9.17) is 10.5 Å². The van der Waals surface area contributed by atoms with Crippen LogP contribution in [0.4, 0.5) is 0 Å². The van der Waals surface area contributed by atoms with E-state index in [1.807, 2.05) is 35.2 Å². The van der Waals surface area contributed by atoms with Gasteiger partial charge in [0.1, 0.15) is 6.10 Å². The monoisotopic (exact) mass is 276 g/mol. The maximum Gasteiger partial charge on any atom is 0.251 e. The lowest BCUT2D eigenvalue weighted by Crippen LogP contribution is -2.42. The van der Waals surface area contributed by atoms with Crippen LogP contribution in [0.15, 0.2) is 30.3 Å². The molecule has 1 amide bonds. The summed E-state index contributed by atoms with van der Waals surface area (Å²) in [6.07, 6.45) is 3.54. The molecule has 110 valence electrons. The zero-order valence-electron chi connectivity index (χ0n) is 12.0. The van der Waals surface area contributed by atoms with Crippen molar-refractivity contribution in [2.24, 2.45) is 5.73 Å². The predicted octanol–water partition coefficient (Wildman–Crippen LogP) is 1.93. The first-order valence-corrected chi connectivity index (χ1v) is 7.45. The third kappa shape index (κ3) is 4.32. The molecule has 0 aliphatic carbocycles. The van der Waals surface area contributed by atoms with Gasteiger partial charge in [0.15, 0.2) is 0 Å². The van der Waals surface area contributed by atoms with Crippen molar-refractivity contribution in [2.45, 2.75) is 38.3 Å². The summed E-state index contributed by atoms with van der Waals surface area (Å²) in [4.78, 5) is 14.5. The molecule has 1 aromatic rings. The standard InChI is InChI=1S/C16H24N2O2/c17-10-6-11-18(13-14-7-2-1-3-8-14)16(19)15-9-4-5-12-20-15/h1-3,7-8,15H,4-6,9-13,17H2. The molecule has 20 heavy (non-hydrogen) atoms.